The molecule has 30 heavy (non-hydrogen) atoms. The molecule has 0 aromatic heterocycles. The highest BCUT2D eigenvalue weighted by atomic mass is 14.3. The maximum Gasteiger partial charge on any atom is -0.0156 e. The van der Waals surface area contributed by atoms with Crippen molar-refractivity contribution >= 4 is 0 Å². The fraction of sp³-hybridized carbons (Fsp3) is 0.800. The highest BCUT2D eigenvalue weighted by molar-refractivity contribution is 5.42. The molecule has 0 amide bonds. The second-order valence-corrected chi connectivity index (χ2v) is 11.0. The number of rotatable bonds is 3. The van der Waals surface area contributed by atoms with E-state index in [-0.39, 0.29) is 0 Å². The third-order valence-electron chi connectivity index (χ3n) is 8.78. The van der Waals surface area contributed by atoms with Crippen LogP contribution in [0.4, 0.5) is 0 Å². The Morgan fingerprint density at radius 3 is 1.03 bits per heavy atom. The van der Waals surface area contributed by atoms with Crippen molar-refractivity contribution in [3.05, 3.63) is 34.9 Å². The molecule has 1 aromatic rings. The van der Waals surface area contributed by atoms with Crippen molar-refractivity contribution in [2.45, 2.75) is 153 Å². The summed E-state index contributed by atoms with van der Waals surface area (Å²) in [6.45, 7) is 0. The summed E-state index contributed by atoms with van der Waals surface area (Å²) < 4.78 is 0. The van der Waals surface area contributed by atoms with E-state index in [1.807, 2.05) is 16.7 Å². The molecule has 168 valence electrons. The van der Waals surface area contributed by atoms with E-state index < -0.39 is 0 Å². The van der Waals surface area contributed by atoms with Crippen LogP contribution in [-0.2, 0) is 0 Å². The zero-order valence-electron chi connectivity index (χ0n) is 19.8. The molecule has 0 saturated heterocycles. The van der Waals surface area contributed by atoms with Crippen molar-refractivity contribution < 1.29 is 0 Å². The van der Waals surface area contributed by atoms with Crippen LogP contribution in [0.1, 0.15) is 169 Å². The normalized spacial score (nSPS) is 24.8. The standard InChI is InChI=1S/C30H48/c1-4-10-17-25(18-11-5-1)28-23-16-24-29(26-19-12-6-2-7-13-20-26)30(28)27-21-14-8-3-9-15-22-27/h16,23-27H,1-15,17-22H2. The van der Waals surface area contributed by atoms with Crippen LogP contribution >= 0.6 is 0 Å². The Kier molecular flexibility index (Phi) is 9.19. The predicted octanol–water partition coefficient (Wildman–Crippen LogP) is 10.2. The van der Waals surface area contributed by atoms with E-state index in [4.69, 9.17) is 0 Å². The monoisotopic (exact) mass is 408 g/mol. The first-order valence-corrected chi connectivity index (χ1v) is 14.1. The van der Waals surface area contributed by atoms with Crippen LogP contribution in [0.2, 0.25) is 0 Å². The smallest absolute Gasteiger partial charge is 0.0156 e. The van der Waals surface area contributed by atoms with Gasteiger partial charge in [-0.05, 0) is 73.0 Å². The summed E-state index contributed by atoms with van der Waals surface area (Å²) in [7, 11) is 0. The summed E-state index contributed by atoms with van der Waals surface area (Å²) >= 11 is 0. The van der Waals surface area contributed by atoms with E-state index in [0.717, 1.165) is 17.8 Å². The van der Waals surface area contributed by atoms with Crippen LogP contribution in [0, 0.1) is 0 Å². The molecule has 3 fully saturated rings. The minimum absolute atomic E-state index is 0.847. The Morgan fingerprint density at radius 2 is 0.667 bits per heavy atom. The molecule has 0 radical (unpaired) electrons. The lowest BCUT2D eigenvalue weighted by atomic mass is 9.72. The van der Waals surface area contributed by atoms with Crippen LogP contribution in [0.3, 0.4) is 0 Å². The maximum absolute atomic E-state index is 2.59. The lowest BCUT2D eigenvalue weighted by Gasteiger charge is -2.33. The molecule has 0 N–H and O–H groups in total. The summed E-state index contributed by atoms with van der Waals surface area (Å²) in [6, 6.07) is 7.65. The number of benzene rings is 1. The second-order valence-electron chi connectivity index (χ2n) is 11.0. The molecule has 3 aliphatic rings. The van der Waals surface area contributed by atoms with Crippen LogP contribution in [0.15, 0.2) is 18.2 Å². The molecule has 3 saturated carbocycles. The molecule has 0 unspecified atom stereocenters. The molecular weight excluding hydrogens is 360 g/mol. The summed E-state index contributed by atoms with van der Waals surface area (Å²) in [4.78, 5) is 0. The zero-order valence-corrected chi connectivity index (χ0v) is 19.8. The second kappa shape index (κ2) is 12.3. The topological polar surface area (TPSA) is 0 Å². The summed E-state index contributed by atoms with van der Waals surface area (Å²) in [6.07, 6.45) is 30.8. The van der Waals surface area contributed by atoms with Crippen LogP contribution in [0.25, 0.3) is 0 Å². The minimum Gasteiger partial charge on any atom is -0.0617 e. The SMILES string of the molecule is c1cc(C2CCCCCCC2)c(C2CCCCCCC2)c(C2CCCCCCC2)c1. The molecule has 4 rings (SSSR count). The fourth-order valence-corrected chi connectivity index (χ4v) is 7.06. The van der Waals surface area contributed by atoms with Gasteiger partial charge in [-0.3, -0.25) is 0 Å². The Hall–Kier alpha value is -0.780. The van der Waals surface area contributed by atoms with Crippen molar-refractivity contribution in [3.8, 4) is 0 Å². The van der Waals surface area contributed by atoms with E-state index in [9.17, 15) is 0 Å². The van der Waals surface area contributed by atoms with Crippen LogP contribution < -0.4 is 0 Å². The molecule has 0 bridgehead atoms. The lowest BCUT2D eigenvalue weighted by molar-refractivity contribution is 0.420. The Labute approximate surface area is 187 Å². The number of hydrogen-bond donors (Lipinski definition) is 0. The molecule has 0 aliphatic heterocycles. The molecule has 0 nitrogen and oxygen atoms in total. The van der Waals surface area contributed by atoms with Gasteiger partial charge in [-0.25, -0.2) is 0 Å². The lowest BCUT2D eigenvalue weighted by Crippen LogP contribution is -2.15. The first kappa shape index (κ1) is 22.4. The van der Waals surface area contributed by atoms with E-state index in [2.05, 4.69) is 18.2 Å². The van der Waals surface area contributed by atoms with Crippen molar-refractivity contribution in [2.75, 3.05) is 0 Å². The Bertz CT molecular complexity index is 550. The van der Waals surface area contributed by atoms with Crippen molar-refractivity contribution in [3.63, 3.8) is 0 Å². The zero-order chi connectivity index (χ0) is 20.4. The largest absolute Gasteiger partial charge is 0.0617 e. The predicted molar refractivity (Wildman–Crippen MR) is 132 cm³/mol. The average molecular weight is 409 g/mol. The molecule has 0 spiro atoms. The van der Waals surface area contributed by atoms with Gasteiger partial charge in [0.25, 0.3) is 0 Å². The third kappa shape index (κ3) is 6.14. The van der Waals surface area contributed by atoms with Gasteiger partial charge >= 0.3 is 0 Å². The van der Waals surface area contributed by atoms with Gasteiger partial charge < -0.3 is 0 Å². The molecule has 0 heterocycles. The molecule has 0 atom stereocenters. The molecule has 3 aliphatic carbocycles. The first-order chi connectivity index (χ1) is 14.9. The van der Waals surface area contributed by atoms with E-state index in [1.165, 1.54) is 135 Å². The quantitative estimate of drug-likeness (QED) is 0.466. The Morgan fingerprint density at radius 1 is 0.367 bits per heavy atom. The van der Waals surface area contributed by atoms with Gasteiger partial charge in [0.1, 0.15) is 0 Å². The summed E-state index contributed by atoms with van der Waals surface area (Å²) in [5, 5.41) is 0. The highest BCUT2D eigenvalue weighted by Crippen LogP contribution is 2.44. The molecule has 1 aromatic carbocycles. The summed E-state index contributed by atoms with van der Waals surface area (Å²) in [5.41, 5.74) is 5.54. The summed E-state index contributed by atoms with van der Waals surface area (Å²) in [5.74, 6) is 2.55. The minimum atomic E-state index is 0.847. The Balaban J connectivity index is 1.68. The average Bonchev–Trinajstić information content (AvgIpc) is 2.67. The van der Waals surface area contributed by atoms with Gasteiger partial charge in [0.15, 0.2) is 0 Å². The third-order valence-corrected chi connectivity index (χ3v) is 8.78. The highest BCUT2D eigenvalue weighted by Gasteiger charge is 2.27. The van der Waals surface area contributed by atoms with Gasteiger partial charge in [-0.1, -0.05) is 115 Å². The van der Waals surface area contributed by atoms with Crippen LogP contribution in [0.5, 0.6) is 0 Å². The van der Waals surface area contributed by atoms with E-state index in [1.54, 1.807) is 0 Å². The maximum atomic E-state index is 2.59. The fourth-order valence-electron chi connectivity index (χ4n) is 7.06. The number of hydrogen-bond acceptors (Lipinski definition) is 0. The van der Waals surface area contributed by atoms with Gasteiger partial charge in [0.2, 0.25) is 0 Å². The molecular formula is C30H48. The van der Waals surface area contributed by atoms with Gasteiger partial charge in [-0.2, -0.15) is 0 Å². The first-order valence-electron chi connectivity index (χ1n) is 14.1. The van der Waals surface area contributed by atoms with E-state index >= 15 is 0 Å². The van der Waals surface area contributed by atoms with Crippen LogP contribution in [-0.4, -0.2) is 0 Å². The van der Waals surface area contributed by atoms with Crippen molar-refractivity contribution in [2.24, 2.45) is 0 Å². The molecule has 0 heteroatoms. The van der Waals surface area contributed by atoms with Crippen molar-refractivity contribution in [1.29, 1.82) is 0 Å². The van der Waals surface area contributed by atoms with Crippen molar-refractivity contribution in [1.82, 2.24) is 0 Å². The van der Waals surface area contributed by atoms with Gasteiger partial charge in [-0.15, -0.1) is 0 Å². The van der Waals surface area contributed by atoms with Gasteiger partial charge in [0, 0.05) is 0 Å². The van der Waals surface area contributed by atoms with Gasteiger partial charge in [0.05, 0.1) is 0 Å². The van der Waals surface area contributed by atoms with E-state index in [0.29, 0.717) is 0 Å².